The first-order valence-electron chi connectivity index (χ1n) is 6.77. The van der Waals surface area contributed by atoms with Crippen LogP contribution in [-0.2, 0) is 0 Å². The van der Waals surface area contributed by atoms with Gasteiger partial charge in [0.05, 0.1) is 5.56 Å². The fourth-order valence-corrected chi connectivity index (χ4v) is 3.61. The average molecular weight is 397 g/mol. The molecule has 1 N–H and O–H groups in total. The minimum Gasteiger partial charge on any atom is -0.339 e. The Balaban J connectivity index is 0.00000110. The van der Waals surface area contributed by atoms with Crippen LogP contribution in [0.2, 0.25) is 0 Å². The Morgan fingerprint density at radius 1 is 1.29 bits per heavy atom. The van der Waals surface area contributed by atoms with Crippen molar-refractivity contribution in [2.75, 3.05) is 7.05 Å². The van der Waals surface area contributed by atoms with Crippen molar-refractivity contribution < 1.29 is 4.79 Å². The van der Waals surface area contributed by atoms with Crippen molar-refractivity contribution in [2.45, 2.75) is 43.8 Å². The van der Waals surface area contributed by atoms with Crippen LogP contribution < -0.4 is 5.32 Å². The molecule has 1 amide bonds. The predicted octanol–water partition coefficient (Wildman–Crippen LogP) is 3.04. The summed E-state index contributed by atoms with van der Waals surface area (Å²) in [6.07, 6.45) is 7.98. The van der Waals surface area contributed by atoms with E-state index in [9.17, 15) is 4.79 Å². The van der Waals surface area contributed by atoms with Gasteiger partial charge in [-0.05, 0) is 47.7 Å². The van der Waals surface area contributed by atoms with E-state index in [4.69, 9.17) is 0 Å². The standard InChI is InChI=1S/C14H18BrN3O.2ClH/c1-18(13-5-11-2-3-12(6-13)17-11)14(19)9-4-10(15)8-16-7-9;;/h4,7-8,11-13,17H,2-3,5-6H2,1H3;2*1H. The second kappa shape index (κ2) is 7.77. The van der Waals surface area contributed by atoms with Gasteiger partial charge in [-0.2, -0.15) is 0 Å². The van der Waals surface area contributed by atoms with E-state index >= 15 is 0 Å². The SMILES string of the molecule is CN(C(=O)c1cncc(Br)c1)C1CC2CCC(C1)N2.Cl.Cl. The number of rotatable bonds is 2. The summed E-state index contributed by atoms with van der Waals surface area (Å²) in [4.78, 5) is 18.4. The number of fused-ring (bicyclic) bond motifs is 2. The molecule has 0 aliphatic carbocycles. The quantitative estimate of drug-likeness (QED) is 0.835. The molecule has 0 aromatic carbocycles. The maximum Gasteiger partial charge on any atom is 0.255 e. The molecule has 2 aliphatic rings. The van der Waals surface area contributed by atoms with Crippen LogP contribution in [0.4, 0.5) is 0 Å². The van der Waals surface area contributed by atoms with E-state index in [1.165, 1.54) is 12.8 Å². The topological polar surface area (TPSA) is 45.2 Å². The molecule has 1 aromatic rings. The van der Waals surface area contributed by atoms with Crippen LogP contribution in [0.3, 0.4) is 0 Å². The Labute approximate surface area is 146 Å². The molecule has 2 atom stereocenters. The number of hydrogen-bond acceptors (Lipinski definition) is 3. The van der Waals surface area contributed by atoms with Gasteiger partial charge in [0.15, 0.2) is 0 Å². The maximum absolute atomic E-state index is 12.5. The van der Waals surface area contributed by atoms with E-state index in [-0.39, 0.29) is 30.7 Å². The molecule has 7 heteroatoms. The zero-order valence-electron chi connectivity index (χ0n) is 11.8. The molecule has 3 rings (SSSR count). The van der Waals surface area contributed by atoms with Crippen molar-refractivity contribution in [3.8, 4) is 0 Å². The van der Waals surface area contributed by atoms with Crippen LogP contribution >= 0.6 is 40.7 Å². The number of aromatic nitrogens is 1. The van der Waals surface area contributed by atoms with Crippen LogP contribution in [0.5, 0.6) is 0 Å². The van der Waals surface area contributed by atoms with Crippen LogP contribution in [-0.4, -0.2) is 41.0 Å². The van der Waals surface area contributed by atoms with Crippen LogP contribution in [0, 0.1) is 0 Å². The first-order valence-corrected chi connectivity index (χ1v) is 7.56. The predicted molar refractivity (Wildman–Crippen MR) is 91.5 cm³/mol. The van der Waals surface area contributed by atoms with E-state index in [2.05, 4.69) is 26.2 Å². The Morgan fingerprint density at radius 2 is 1.90 bits per heavy atom. The van der Waals surface area contributed by atoms with Crippen molar-refractivity contribution in [3.05, 3.63) is 28.5 Å². The molecule has 2 aliphatic heterocycles. The molecular formula is C14H20BrCl2N3O. The van der Waals surface area contributed by atoms with Gasteiger partial charge in [0.2, 0.25) is 0 Å². The minimum atomic E-state index is 0. The Bertz CT molecular complexity index is 491. The zero-order chi connectivity index (χ0) is 13.4. The number of nitrogens with one attached hydrogen (secondary N) is 1. The monoisotopic (exact) mass is 395 g/mol. The number of pyridine rings is 1. The summed E-state index contributed by atoms with van der Waals surface area (Å²) in [5.74, 6) is 0.0695. The summed E-state index contributed by atoms with van der Waals surface area (Å²) in [7, 11) is 1.92. The highest BCUT2D eigenvalue weighted by Gasteiger charge is 2.36. The van der Waals surface area contributed by atoms with Crippen molar-refractivity contribution in [2.24, 2.45) is 0 Å². The fraction of sp³-hybridized carbons (Fsp3) is 0.571. The largest absolute Gasteiger partial charge is 0.339 e. The minimum absolute atomic E-state index is 0. The van der Waals surface area contributed by atoms with Gasteiger partial charge in [-0.1, -0.05) is 0 Å². The number of amides is 1. The Morgan fingerprint density at radius 3 is 2.48 bits per heavy atom. The Kier molecular flexibility index (Phi) is 6.91. The molecular weight excluding hydrogens is 377 g/mol. The number of carbonyl (C=O) groups is 1. The molecule has 0 spiro atoms. The highest BCUT2D eigenvalue weighted by molar-refractivity contribution is 9.10. The van der Waals surface area contributed by atoms with E-state index in [0.717, 1.165) is 17.3 Å². The number of piperidine rings is 1. The smallest absolute Gasteiger partial charge is 0.255 e. The van der Waals surface area contributed by atoms with Gasteiger partial charge in [-0.15, -0.1) is 24.8 Å². The van der Waals surface area contributed by atoms with Crippen molar-refractivity contribution in [1.29, 1.82) is 0 Å². The highest BCUT2D eigenvalue weighted by atomic mass is 79.9. The second-order valence-corrected chi connectivity index (χ2v) is 6.49. The number of hydrogen-bond donors (Lipinski definition) is 1. The number of halogens is 3. The van der Waals surface area contributed by atoms with Gasteiger partial charge in [-0.3, -0.25) is 9.78 Å². The van der Waals surface area contributed by atoms with Crippen LogP contribution in [0.15, 0.2) is 22.9 Å². The zero-order valence-corrected chi connectivity index (χ0v) is 15.0. The molecule has 0 saturated carbocycles. The van der Waals surface area contributed by atoms with Crippen molar-refractivity contribution >= 4 is 46.7 Å². The third kappa shape index (κ3) is 4.09. The van der Waals surface area contributed by atoms with E-state index in [1.54, 1.807) is 12.4 Å². The normalized spacial score (nSPS) is 26.5. The molecule has 21 heavy (non-hydrogen) atoms. The molecule has 2 saturated heterocycles. The molecule has 118 valence electrons. The van der Waals surface area contributed by atoms with Gasteiger partial charge < -0.3 is 10.2 Å². The van der Waals surface area contributed by atoms with Crippen molar-refractivity contribution in [3.63, 3.8) is 0 Å². The summed E-state index contributed by atoms with van der Waals surface area (Å²) in [5.41, 5.74) is 0.655. The summed E-state index contributed by atoms with van der Waals surface area (Å²) in [6, 6.07) is 3.38. The van der Waals surface area contributed by atoms with Gasteiger partial charge in [0.25, 0.3) is 5.91 Å². The lowest BCUT2D eigenvalue weighted by molar-refractivity contribution is 0.0681. The second-order valence-electron chi connectivity index (χ2n) is 5.57. The average Bonchev–Trinajstić information content (AvgIpc) is 2.76. The third-order valence-corrected chi connectivity index (χ3v) is 4.70. The summed E-state index contributed by atoms with van der Waals surface area (Å²) in [6.45, 7) is 0. The molecule has 3 heterocycles. The lowest BCUT2D eigenvalue weighted by Crippen LogP contribution is -2.48. The highest BCUT2D eigenvalue weighted by Crippen LogP contribution is 2.29. The summed E-state index contributed by atoms with van der Waals surface area (Å²) < 4.78 is 0.845. The first-order chi connectivity index (χ1) is 9.13. The van der Waals surface area contributed by atoms with Gasteiger partial charge in [0.1, 0.15) is 0 Å². The molecule has 1 aromatic heterocycles. The lowest BCUT2D eigenvalue weighted by atomic mass is 9.98. The van der Waals surface area contributed by atoms with E-state index in [0.29, 0.717) is 23.7 Å². The molecule has 2 bridgehead atoms. The third-order valence-electron chi connectivity index (χ3n) is 4.27. The van der Waals surface area contributed by atoms with E-state index < -0.39 is 0 Å². The maximum atomic E-state index is 12.5. The van der Waals surface area contributed by atoms with E-state index in [1.807, 2.05) is 18.0 Å². The van der Waals surface area contributed by atoms with Gasteiger partial charge >= 0.3 is 0 Å². The van der Waals surface area contributed by atoms with Crippen LogP contribution in [0.25, 0.3) is 0 Å². The number of nitrogens with zero attached hydrogens (tertiary/aromatic N) is 2. The fourth-order valence-electron chi connectivity index (χ4n) is 3.24. The molecule has 2 unspecified atom stereocenters. The first kappa shape index (κ1) is 18.7. The summed E-state index contributed by atoms with van der Waals surface area (Å²) >= 11 is 3.36. The van der Waals surface area contributed by atoms with Gasteiger partial charge in [-0.25, -0.2) is 0 Å². The molecule has 4 nitrogen and oxygen atoms in total. The Hall–Kier alpha value is -0.360. The summed E-state index contributed by atoms with van der Waals surface area (Å²) in [5, 5.41) is 3.61. The molecule has 2 fully saturated rings. The van der Waals surface area contributed by atoms with Crippen molar-refractivity contribution in [1.82, 2.24) is 15.2 Å². The molecule has 0 radical (unpaired) electrons. The van der Waals surface area contributed by atoms with Gasteiger partial charge in [0, 0.05) is 42.0 Å². The number of carbonyl (C=O) groups excluding carboxylic acids is 1. The van der Waals surface area contributed by atoms with Crippen LogP contribution in [0.1, 0.15) is 36.0 Å². The lowest BCUT2D eigenvalue weighted by Gasteiger charge is -2.35.